The molecule has 11 heteroatoms. The van der Waals surface area contributed by atoms with Crippen LogP contribution in [0, 0.1) is 10.1 Å². The van der Waals surface area contributed by atoms with Crippen LogP contribution in [0.25, 0.3) is 0 Å². The van der Waals surface area contributed by atoms with Crippen molar-refractivity contribution in [2.45, 2.75) is 13.3 Å². The van der Waals surface area contributed by atoms with Crippen LogP contribution in [-0.4, -0.2) is 26.9 Å². The number of amides is 2. The molecule has 0 radical (unpaired) electrons. The first-order valence-electron chi connectivity index (χ1n) is 8.37. The third kappa shape index (κ3) is 4.73. The second kappa shape index (κ2) is 8.76. The number of nitrogens with zero attached hydrogens (tertiary/aromatic N) is 3. The molecular weight excluding hydrogens is 418 g/mol. The summed E-state index contributed by atoms with van der Waals surface area (Å²) in [6, 6.07) is 9.95. The lowest BCUT2D eigenvalue weighted by Crippen LogP contribution is -2.18. The Bertz CT molecular complexity index is 1100. The van der Waals surface area contributed by atoms with E-state index >= 15 is 0 Å². The maximum absolute atomic E-state index is 12.6. The number of nitro groups is 1. The molecule has 0 saturated heterocycles. The van der Waals surface area contributed by atoms with Crippen molar-refractivity contribution in [1.29, 1.82) is 0 Å². The number of carbonyl (C=O) groups excluding carboxylic acids is 2. The zero-order valence-electron chi connectivity index (χ0n) is 15.0. The number of halogens is 1. The number of anilines is 2. The van der Waals surface area contributed by atoms with Crippen LogP contribution in [-0.2, 0) is 6.42 Å². The number of hydrogen-bond donors (Lipinski definition) is 2. The van der Waals surface area contributed by atoms with Gasteiger partial charge < -0.3 is 5.32 Å². The van der Waals surface area contributed by atoms with E-state index in [1.54, 1.807) is 24.3 Å². The van der Waals surface area contributed by atoms with Crippen LogP contribution in [0.15, 0.2) is 42.5 Å². The van der Waals surface area contributed by atoms with Gasteiger partial charge in [0.1, 0.15) is 5.01 Å². The Balaban J connectivity index is 1.80. The molecule has 29 heavy (non-hydrogen) atoms. The monoisotopic (exact) mass is 431 g/mol. The summed E-state index contributed by atoms with van der Waals surface area (Å²) >= 11 is 7.27. The number of nitro benzene ring substituents is 1. The van der Waals surface area contributed by atoms with E-state index in [0.717, 1.165) is 11.1 Å². The van der Waals surface area contributed by atoms with Crippen molar-refractivity contribution in [2.75, 3.05) is 10.6 Å². The molecule has 0 saturated carbocycles. The van der Waals surface area contributed by atoms with Crippen molar-refractivity contribution in [1.82, 2.24) is 10.2 Å². The van der Waals surface area contributed by atoms with Gasteiger partial charge in [-0.05, 0) is 24.6 Å². The minimum Gasteiger partial charge on any atom is -0.321 e. The molecule has 0 aliphatic carbocycles. The van der Waals surface area contributed by atoms with E-state index in [-0.39, 0.29) is 27.5 Å². The third-order valence-corrected chi connectivity index (χ3v) is 5.11. The Labute approximate surface area is 173 Å². The summed E-state index contributed by atoms with van der Waals surface area (Å²) in [5.41, 5.74) is 0.288. The maximum atomic E-state index is 12.6. The van der Waals surface area contributed by atoms with Crippen molar-refractivity contribution in [3.63, 3.8) is 0 Å². The predicted octanol–water partition coefficient (Wildman–Crippen LogP) is 4.17. The zero-order valence-corrected chi connectivity index (χ0v) is 16.6. The van der Waals surface area contributed by atoms with Gasteiger partial charge in [0, 0.05) is 12.1 Å². The average Bonchev–Trinajstić information content (AvgIpc) is 3.15. The second-order valence-corrected chi connectivity index (χ2v) is 7.20. The Morgan fingerprint density at radius 3 is 2.48 bits per heavy atom. The van der Waals surface area contributed by atoms with Crippen molar-refractivity contribution in [3.8, 4) is 0 Å². The fraction of sp³-hybridized carbons (Fsp3) is 0.111. The van der Waals surface area contributed by atoms with Crippen LogP contribution in [0.3, 0.4) is 0 Å². The fourth-order valence-corrected chi connectivity index (χ4v) is 3.33. The Kier molecular flexibility index (Phi) is 6.15. The van der Waals surface area contributed by atoms with Crippen LogP contribution < -0.4 is 10.6 Å². The molecule has 0 atom stereocenters. The van der Waals surface area contributed by atoms with Gasteiger partial charge in [-0.1, -0.05) is 42.0 Å². The number of nitrogens with one attached hydrogen (secondary N) is 2. The predicted molar refractivity (Wildman–Crippen MR) is 110 cm³/mol. The molecule has 0 unspecified atom stereocenters. The van der Waals surface area contributed by atoms with Gasteiger partial charge in [-0.15, -0.1) is 10.2 Å². The summed E-state index contributed by atoms with van der Waals surface area (Å²) in [5, 5.41) is 25.0. The molecule has 2 aromatic carbocycles. The summed E-state index contributed by atoms with van der Waals surface area (Å²) < 4.78 is 0. The topological polar surface area (TPSA) is 127 Å². The van der Waals surface area contributed by atoms with Crippen LogP contribution in [0.1, 0.15) is 32.6 Å². The molecule has 9 nitrogen and oxygen atoms in total. The highest BCUT2D eigenvalue weighted by molar-refractivity contribution is 7.15. The van der Waals surface area contributed by atoms with Gasteiger partial charge in [0.2, 0.25) is 5.13 Å². The van der Waals surface area contributed by atoms with Gasteiger partial charge in [-0.25, -0.2) is 0 Å². The van der Waals surface area contributed by atoms with Crippen LogP contribution in [0.2, 0.25) is 5.02 Å². The average molecular weight is 432 g/mol. The molecule has 3 aromatic rings. The summed E-state index contributed by atoms with van der Waals surface area (Å²) in [4.78, 5) is 35.4. The van der Waals surface area contributed by atoms with E-state index < -0.39 is 16.7 Å². The quantitative estimate of drug-likeness (QED) is 0.445. The number of rotatable bonds is 6. The number of carbonyl (C=O) groups is 2. The molecule has 1 aromatic heterocycles. The van der Waals surface area contributed by atoms with Gasteiger partial charge in [-0.2, -0.15) is 0 Å². The Morgan fingerprint density at radius 2 is 1.83 bits per heavy atom. The first-order valence-corrected chi connectivity index (χ1v) is 9.56. The summed E-state index contributed by atoms with van der Waals surface area (Å²) in [5.74, 6) is -1.07. The van der Waals surface area contributed by atoms with Gasteiger partial charge >= 0.3 is 0 Å². The van der Waals surface area contributed by atoms with Crippen LogP contribution in [0.4, 0.5) is 16.5 Å². The smallest absolute Gasteiger partial charge is 0.270 e. The lowest BCUT2D eigenvalue weighted by atomic mass is 10.1. The normalized spacial score (nSPS) is 10.4. The molecule has 0 aliphatic heterocycles. The third-order valence-electron chi connectivity index (χ3n) is 3.82. The minimum atomic E-state index is -0.607. The number of benzene rings is 2. The molecular formula is C18H14ClN5O4S. The summed E-state index contributed by atoms with van der Waals surface area (Å²) in [6.07, 6.45) is 0.705. The van der Waals surface area contributed by atoms with Crippen molar-refractivity contribution in [2.24, 2.45) is 0 Å². The van der Waals surface area contributed by atoms with Crippen LogP contribution >= 0.6 is 22.9 Å². The molecule has 2 amide bonds. The molecule has 0 fully saturated rings. The highest BCUT2D eigenvalue weighted by Gasteiger charge is 2.18. The number of hydrogen-bond acceptors (Lipinski definition) is 7. The number of aryl methyl sites for hydroxylation is 1. The van der Waals surface area contributed by atoms with E-state index in [1.165, 1.54) is 23.5 Å². The number of aromatic nitrogens is 2. The largest absolute Gasteiger partial charge is 0.321 e. The van der Waals surface area contributed by atoms with Gasteiger partial charge in [0.15, 0.2) is 0 Å². The van der Waals surface area contributed by atoms with Gasteiger partial charge in [0.05, 0.1) is 26.8 Å². The summed E-state index contributed by atoms with van der Waals surface area (Å²) in [7, 11) is 0. The van der Waals surface area contributed by atoms with E-state index in [1.807, 2.05) is 6.92 Å². The van der Waals surface area contributed by atoms with Crippen LogP contribution in [0.5, 0.6) is 0 Å². The van der Waals surface area contributed by atoms with Gasteiger partial charge in [-0.3, -0.25) is 25.0 Å². The standard InChI is InChI=1S/C18H14ClN5O4S/c1-2-15-22-23-18(29-15)21-17(26)12-5-3-4-6-14(12)20-16(25)11-8-7-10(24(27)28)9-13(11)19/h3-9H,2H2,1H3,(H,20,25)(H,21,23,26). The van der Waals surface area contributed by atoms with Crippen molar-refractivity contribution in [3.05, 3.63) is 73.7 Å². The highest BCUT2D eigenvalue weighted by Crippen LogP contribution is 2.25. The van der Waals surface area contributed by atoms with E-state index in [2.05, 4.69) is 20.8 Å². The van der Waals surface area contributed by atoms with Gasteiger partial charge in [0.25, 0.3) is 17.5 Å². The molecule has 3 rings (SSSR count). The SMILES string of the molecule is CCc1nnc(NC(=O)c2ccccc2NC(=O)c2ccc([N+](=O)[O-])cc2Cl)s1. The summed E-state index contributed by atoms with van der Waals surface area (Å²) in [6.45, 7) is 1.93. The lowest BCUT2D eigenvalue weighted by molar-refractivity contribution is -0.384. The zero-order chi connectivity index (χ0) is 21.0. The molecule has 0 aliphatic rings. The number of non-ortho nitro benzene ring substituents is 1. The molecule has 0 spiro atoms. The minimum absolute atomic E-state index is 0.0455. The second-order valence-electron chi connectivity index (χ2n) is 5.73. The highest BCUT2D eigenvalue weighted by atomic mass is 35.5. The molecule has 148 valence electrons. The molecule has 0 bridgehead atoms. The first-order chi connectivity index (χ1) is 13.9. The molecule has 2 N–H and O–H groups in total. The fourth-order valence-electron chi connectivity index (χ4n) is 2.39. The van der Waals surface area contributed by atoms with E-state index in [0.29, 0.717) is 11.6 Å². The Morgan fingerprint density at radius 1 is 1.10 bits per heavy atom. The van der Waals surface area contributed by atoms with Crippen molar-refractivity contribution < 1.29 is 14.5 Å². The van der Waals surface area contributed by atoms with Crippen molar-refractivity contribution >= 4 is 51.3 Å². The molecule has 1 heterocycles. The maximum Gasteiger partial charge on any atom is 0.270 e. The number of para-hydroxylation sites is 1. The lowest BCUT2D eigenvalue weighted by Gasteiger charge is -2.11. The Hall–Kier alpha value is -3.37. The van der Waals surface area contributed by atoms with E-state index in [9.17, 15) is 19.7 Å². The first kappa shape index (κ1) is 20.4. The van der Waals surface area contributed by atoms with E-state index in [4.69, 9.17) is 11.6 Å².